The van der Waals surface area contributed by atoms with Gasteiger partial charge in [-0.1, -0.05) is 12.1 Å². The Hall–Kier alpha value is -2.01. The third kappa shape index (κ3) is 3.01. The number of rotatable bonds is 4. The molecule has 1 aromatic carbocycles. The molecule has 6 heteroatoms. The maximum Gasteiger partial charge on any atom is 0.146 e. The predicted molar refractivity (Wildman–Crippen MR) is 72.2 cm³/mol. The van der Waals surface area contributed by atoms with E-state index in [1.54, 1.807) is 18.3 Å². The summed E-state index contributed by atoms with van der Waals surface area (Å²) in [5, 5.41) is 7.45. The number of nitrogens with two attached hydrogens (primary N) is 1. The highest BCUT2D eigenvalue weighted by Gasteiger charge is 2.07. The first kappa shape index (κ1) is 14.1. The molecule has 0 fully saturated rings. The molecule has 0 spiro atoms. The molecule has 0 amide bonds. The summed E-state index contributed by atoms with van der Waals surface area (Å²) in [6.07, 6.45) is 3.57. The predicted octanol–water partition coefficient (Wildman–Crippen LogP) is 1.70. The zero-order valence-corrected chi connectivity index (χ0v) is 10.8. The van der Waals surface area contributed by atoms with Gasteiger partial charge in [0.15, 0.2) is 0 Å². The van der Waals surface area contributed by atoms with E-state index in [9.17, 15) is 0 Å². The molecule has 1 heterocycles. The second kappa shape index (κ2) is 6.07. The summed E-state index contributed by atoms with van der Waals surface area (Å²) < 4.78 is 7.50. The zero-order chi connectivity index (χ0) is 12.3. The van der Waals surface area contributed by atoms with Gasteiger partial charge >= 0.3 is 0 Å². The van der Waals surface area contributed by atoms with Gasteiger partial charge in [-0.05, 0) is 12.1 Å². The molecule has 18 heavy (non-hydrogen) atoms. The first-order chi connectivity index (χ1) is 8.18. The van der Waals surface area contributed by atoms with Gasteiger partial charge in [-0.3, -0.25) is 5.41 Å². The number of nitrogens with one attached hydrogen (secondary N) is 1. The smallest absolute Gasteiger partial charge is 0.146 e. The summed E-state index contributed by atoms with van der Waals surface area (Å²) in [6.45, 7) is 0.355. The summed E-state index contributed by atoms with van der Waals surface area (Å²) in [4.78, 5) is 4.16. The van der Waals surface area contributed by atoms with E-state index in [1.807, 2.05) is 29.9 Å². The van der Waals surface area contributed by atoms with E-state index in [4.69, 9.17) is 15.9 Å². The van der Waals surface area contributed by atoms with Crippen LogP contribution < -0.4 is 10.5 Å². The van der Waals surface area contributed by atoms with Gasteiger partial charge in [0.2, 0.25) is 0 Å². The van der Waals surface area contributed by atoms with Crippen LogP contribution in [0, 0.1) is 5.41 Å². The number of hydrogen-bond acceptors (Lipinski definition) is 3. The zero-order valence-electron chi connectivity index (χ0n) is 9.96. The van der Waals surface area contributed by atoms with Crippen molar-refractivity contribution in [1.29, 1.82) is 5.41 Å². The number of ether oxygens (including phenoxy) is 1. The topological polar surface area (TPSA) is 76.9 Å². The second-order valence-corrected chi connectivity index (χ2v) is 3.65. The largest absolute Gasteiger partial charge is 0.485 e. The first-order valence-electron chi connectivity index (χ1n) is 5.21. The molecule has 0 aliphatic carbocycles. The van der Waals surface area contributed by atoms with Gasteiger partial charge in [0.25, 0.3) is 0 Å². The number of nitrogen functional groups attached to an aromatic ring is 1. The normalized spacial score (nSPS) is 9.61. The number of para-hydroxylation sites is 1. The van der Waals surface area contributed by atoms with Crippen molar-refractivity contribution < 1.29 is 4.74 Å². The molecular formula is C12H15ClN4O. The third-order valence-electron chi connectivity index (χ3n) is 2.45. The lowest BCUT2D eigenvalue weighted by Crippen LogP contribution is -2.13. The molecule has 5 nitrogen and oxygen atoms in total. The van der Waals surface area contributed by atoms with Crippen molar-refractivity contribution in [3.63, 3.8) is 0 Å². The highest BCUT2D eigenvalue weighted by Crippen LogP contribution is 2.18. The molecule has 96 valence electrons. The standard InChI is InChI=1S/C12H14N4O.ClH/c1-16-7-6-15-11(16)8-17-10-5-3-2-4-9(10)12(13)14;/h2-7H,8H2,1H3,(H3,13,14);1H. The summed E-state index contributed by atoms with van der Waals surface area (Å²) in [5.41, 5.74) is 6.07. The van der Waals surface area contributed by atoms with Crippen molar-refractivity contribution in [3.8, 4) is 5.75 Å². The molecule has 1 aromatic heterocycles. The van der Waals surface area contributed by atoms with Crippen LogP contribution in [0.1, 0.15) is 11.4 Å². The number of aryl methyl sites for hydroxylation is 1. The van der Waals surface area contributed by atoms with Crippen LogP contribution in [0.15, 0.2) is 36.7 Å². The molecule has 2 aromatic rings. The van der Waals surface area contributed by atoms with Gasteiger partial charge in [0.1, 0.15) is 24.0 Å². The highest BCUT2D eigenvalue weighted by atomic mass is 35.5. The molecule has 2 rings (SSSR count). The SMILES string of the molecule is Cl.Cn1ccnc1COc1ccccc1C(=N)N. The van der Waals surface area contributed by atoms with E-state index in [1.165, 1.54) is 0 Å². The van der Waals surface area contributed by atoms with E-state index >= 15 is 0 Å². The molecule has 0 saturated carbocycles. The van der Waals surface area contributed by atoms with Crippen molar-refractivity contribution in [1.82, 2.24) is 9.55 Å². The lowest BCUT2D eigenvalue weighted by molar-refractivity contribution is 0.291. The summed E-state index contributed by atoms with van der Waals surface area (Å²) in [5.74, 6) is 1.42. The van der Waals surface area contributed by atoms with Crippen molar-refractivity contribution >= 4 is 18.2 Å². The molecule has 0 aliphatic rings. The van der Waals surface area contributed by atoms with Crippen molar-refractivity contribution in [2.75, 3.05) is 0 Å². The lowest BCUT2D eigenvalue weighted by atomic mass is 10.2. The van der Waals surface area contributed by atoms with Gasteiger partial charge in [0.05, 0.1) is 5.56 Å². The summed E-state index contributed by atoms with van der Waals surface area (Å²) in [7, 11) is 1.91. The Kier molecular flexibility index (Phi) is 4.74. The average molecular weight is 267 g/mol. The number of amidine groups is 1. The van der Waals surface area contributed by atoms with E-state index in [-0.39, 0.29) is 18.2 Å². The van der Waals surface area contributed by atoms with Crippen LogP contribution in [0.25, 0.3) is 0 Å². The number of hydrogen-bond donors (Lipinski definition) is 2. The third-order valence-corrected chi connectivity index (χ3v) is 2.45. The number of halogens is 1. The number of aromatic nitrogens is 2. The minimum absolute atomic E-state index is 0. The Labute approximate surface area is 112 Å². The molecule has 3 N–H and O–H groups in total. The van der Waals surface area contributed by atoms with Gasteiger partial charge < -0.3 is 15.0 Å². The molecule has 0 aliphatic heterocycles. The Morgan fingerprint density at radius 2 is 2.17 bits per heavy atom. The molecule has 0 bridgehead atoms. The van der Waals surface area contributed by atoms with Crippen molar-refractivity contribution in [3.05, 3.63) is 48.0 Å². The maximum atomic E-state index is 7.45. The number of imidazole rings is 1. The van der Waals surface area contributed by atoms with Crippen LogP contribution in [0.3, 0.4) is 0 Å². The molecule has 0 saturated heterocycles. The molecule has 0 atom stereocenters. The van der Waals surface area contributed by atoms with Crippen LogP contribution in [0.2, 0.25) is 0 Å². The van der Waals surface area contributed by atoms with Gasteiger partial charge in [-0.25, -0.2) is 4.98 Å². The van der Waals surface area contributed by atoms with Crippen molar-refractivity contribution in [2.24, 2.45) is 12.8 Å². The number of benzene rings is 1. The fourth-order valence-corrected chi connectivity index (χ4v) is 1.49. The Morgan fingerprint density at radius 1 is 1.44 bits per heavy atom. The van der Waals surface area contributed by atoms with Crippen LogP contribution in [-0.2, 0) is 13.7 Å². The van der Waals surface area contributed by atoms with Crippen molar-refractivity contribution in [2.45, 2.75) is 6.61 Å². The summed E-state index contributed by atoms with van der Waals surface area (Å²) >= 11 is 0. The minimum Gasteiger partial charge on any atom is -0.485 e. The first-order valence-corrected chi connectivity index (χ1v) is 5.21. The lowest BCUT2D eigenvalue weighted by Gasteiger charge is -2.10. The fraction of sp³-hybridized carbons (Fsp3) is 0.167. The minimum atomic E-state index is 0. The van der Waals surface area contributed by atoms with Crippen LogP contribution in [-0.4, -0.2) is 15.4 Å². The molecule has 0 unspecified atom stereocenters. The highest BCUT2D eigenvalue weighted by molar-refractivity contribution is 5.97. The fourth-order valence-electron chi connectivity index (χ4n) is 1.49. The van der Waals surface area contributed by atoms with Crippen LogP contribution in [0.4, 0.5) is 0 Å². The Morgan fingerprint density at radius 3 is 2.78 bits per heavy atom. The van der Waals surface area contributed by atoms with E-state index in [0.29, 0.717) is 17.9 Å². The maximum absolute atomic E-state index is 7.45. The van der Waals surface area contributed by atoms with Crippen LogP contribution >= 0.6 is 12.4 Å². The summed E-state index contributed by atoms with van der Waals surface area (Å²) in [6, 6.07) is 7.22. The van der Waals surface area contributed by atoms with Gasteiger partial charge in [-0.2, -0.15) is 0 Å². The van der Waals surface area contributed by atoms with E-state index < -0.39 is 0 Å². The monoisotopic (exact) mass is 266 g/mol. The van der Waals surface area contributed by atoms with Gasteiger partial charge in [0, 0.05) is 19.4 Å². The Bertz CT molecular complexity index is 538. The second-order valence-electron chi connectivity index (χ2n) is 3.65. The molecule has 0 radical (unpaired) electrons. The average Bonchev–Trinajstić information content (AvgIpc) is 2.72. The quantitative estimate of drug-likeness (QED) is 0.653. The van der Waals surface area contributed by atoms with E-state index in [0.717, 1.165) is 5.82 Å². The Balaban J connectivity index is 0.00000162. The van der Waals surface area contributed by atoms with Crippen LogP contribution in [0.5, 0.6) is 5.75 Å². The molecular weight excluding hydrogens is 252 g/mol. The van der Waals surface area contributed by atoms with Gasteiger partial charge in [-0.15, -0.1) is 12.4 Å². The van der Waals surface area contributed by atoms with E-state index in [2.05, 4.69) is 4.98 Å². The number of nitrogens with zero attached hydrogens (tertiary/aromatic N) is 2.